The van der Waals surface area contributed by atoms with Crippen molar-refractivity contribution in [2.75, 3.05) is 5.32 Å². The fourth-order valence-electron chi connectivity index (χ4n) is 4.08. The van der Waals surface area contributed by atoms with E-state index < -0.39 is 0 Å². The van der Waals surface area contributed by atoms with E-state index in [1.165, 1.54) is 33.2 Å². The summed E-state index contributed by atoms with van der Waals surface area (Å²) < 4.78 is 0. The van der Waals surface area contributed by atoms with Gasteiger partial charge in [-0.1, -0.05) is 72.8 Å². The quantitative estimate of drug-likeness (QED) is 0.604. The Balaban J connectivity index is 1.72. The molecule has 0 saturated carbocycles. The Morgan fingerprint density at radius 1 is 0.864 bits per heavy atom. The molecule has 0 radical (unpaired) electrons. The average molecular weight is 283 g/mol. The standard InChI is InChI=1S/C21H17N/c1-3-9-18-15(6-1)11-12-17-14-21(22-20(17)18)13-5-8-16-7-2-4-10-19(16)21/h1-12,22H,13-14H2. The van der Waals surface area contributed by atoms with Gasteiger partial charge in [0, 0.05) is 17.5 Å². The lowest BCUT2D eigenvalue weighted by Crippen LogP contribution is -2.34. The van der Waals surface area contributed by atoms with Crippen LogP contribution in [0.3, 0.4) is 0 Å². The molecule has 3 aromatic carbocycles. The Morgan fingerprint density at radius 2 is 1.73 bits per heavy atom. The van der Waals surface area contributed by atoms with Gasteiger partial charge in [-0.2, -0.15) is 0 Å². The second-order valence-corrected chi connectivity index (χ2v) is 6.40. The lowest BCUT2D eigenvalue weighted by Gasteiger charge is -2.34. The third kappa shape index (κ3) is 1.54. The molecule has 0 bridgehead atoms. The lowest BCUT2D eigenvalue weighted by atomic mass is 9.78. The molecule has 22 heavy (non-hydrogen) atoms. The fourth-order valence-corrected chi connectivity index (χ4v) is 4.08. The van der Waals surface area contributed by atoms with Crippen molar-refractivity contribution in [1.29, 1.82) is 0 Å². The van der Waals surface area contributed by atoms with Gasteiger partial charge >= 0.3 is 0 Å². The summed E-state index contributed by atoms with van der Waals surface area (Å²) in [7, 11) is 0. The van der Waals surface area contributed by atoms with Gasteiger partial charge in [-0.3, -0.25) is 0 Å². The van der Waals surface area contributed by atoms with Crippen LogP contribution >= 0.6 is 0 Å². The molecule has 2 aliphatic rings. The molecule has 1 unspecified atom stereocenters. The van der Waals surface area contributed by atoms with Crippen molar-refractivity contribution < 1.29 is 0 Å². The molecule has 1 aliphatic carbocycles. The molecule has 0 aromatic heterocycles. The van der Waals surface area contributed by atoms with Gasteiger partial charge in [0.1, 0.15) is 0 Å². The number of nitrogens with one attached hydrogen (secondary N) is 1. The molecule has 106 valence electrons. The third-order valence-electron chi connectivity index (χ3n) is 5.11. The van der Waals surface area contributed by atoms with E-state index in [0.717, 1.165) is 12.8 Å². The van der Waals surface area contributed by atoms with Crippen molar-refractivity contribution in [2.24, 2.45) is 0 Å². The Bertz CT molecular complexity index is 922. The van der Waals surface area contributed by atoms with E-state index in [9.17, 15) is 0 Å². The molecule has 1 heteroatoms. The number of benzene rings is 3. The first-order chi connectivity index (χ1) is 10.9. The van der Waals surface area contributed by atoms with Gasteiger partial charge < -0.3 is 5.32 Å². The van der Waals surface area contributed by atoms with E-state index in [1.54, 1.807) is 0 Å². The first kappa shape index (κ1) is 12.0. The van der Waals surface area contributed by atoms with Gasteiger partial charge in [0.2, 0.25) is 0 Å². The van der Waals surface area contributed by atoms with Crippen molar-refractivity contribution in [3.8, 4) is 0 Å². The van der Waals surface area contributed by atoms with Crippen LogP contribution in [0.5, 0.6) is 0 Å². The van der Waals surface area contributed by atoms with Crippen molar-refractivity contribution >= 4 is 22.5 Å². The van der Waals surface area contributed by atoms with E-state index in [4.69, 9.17) is 0 Å². The monoisotopic (exact) mass is 283 g/mol. The second-order valence-electron chi connectivity index (χ2n) is 6.40. The molecular formula is C21H17N. The predicted molar refractivity (Wildman–Crippen MR) is 93.0 cm³/mol. The summed E-state index contributed by atoms with van der Waals surface area (Å²) >= 11 is 0. The van der Waals surface area contributed by atoms with Gasteiger partial charge in [0.25, 0.3) is 0 Å². The summed E-state index contributed by atoms with van der Waals surface area (Å²) in [5.41, 5.74) is 5.56. The maximum atomic E-state index is 3.90. The van der Waals surface area contributed by atoms with Crippen LogP contribution in [0.2, 0.25) is 0 Å². The molecule has 1 spiro atoms. The number of hydrogen-bond acceptors (Lipinski definition) is 1. The molecule has 1 atom stereocenters. The summed E-state index contributed by atoms with van der Waals surface area (Å²) in [6, 6.07) is 22.0. The summed E-state index contributed by atoms with van der Waals surface area (Å²) in [5.74, 6) is 0. The van der Waals surface area contributed by atoms with Crippen molar-refractivity contribution in [2.45, 2.75) is 18.4 Å². The first-order valence-electron chi connectivity index (χ1n) is 7.91. The van der Waals surface area contributed by atoms with Crippen LogP contribution in [0.25, 0.3) is 16.8 Å². The Labute approximate surface area is 130 Å². The maximum absolute atomic E-state index is 3.90. The van der Waals surface area contributed by atoms with Crippen molar-refractivity contribution in [3.05, 3.63) is 83.4 Å². The van der Waals surface area contributed by atoms with Crippen LogP contribution < -0.4 is 5.32 Å². The first-order valence-corrected chi connectivity index (χ1v) is 7.91. The fraction of sp³-hybridized carbons (Fsp3) is 0.143. The molecular weight excluding hydrogens is 266 g/mol. The van der Waals surface area contributed by atoms with E-state index in [1.807, 2.05) is 0 Å². The second kappa shape index (κ2) is 4.23. The highest BCUT2D eigenvalue weighted by atomic mass is 15.0. The molecule has 0 fully saturated rings. The lowest BCUT2D eigenvalue weighted by molar-refractivity contribution is 0.512. The minimum absolute atomic E-state index is 0.0256. The van der Waals surface area contributed by atoms with Gasteiger partial charge in [0.05, 0.1) is 5.54 Å². The molecule has 0 amide bonds. The third-order valence-corrected chi connectivity index (χ3v) is 5.11. The summed E-state index contributed by atoms with van der Waals surface area (Å²) in [4.78, 5) is 0. The molecule has 0 saturated heterocycles. The number of rotatable bonds is 0. The highest BCUT2D eigenvalue weighted by Crippen LogP contribution is 2.47. The highest BCUT2D eigenvalue weighted by Gasteiger charge is 2.40. The van der Waals surface area contributed by atoms with Crippen LogP contribution in [0.15, 0.2) is 66.7 Å². The average Bonchev–Trinajstić information content (AvgIpc) is 2.95. The van der Waals surface area contributed by atoms with Crippen LogP contribution in [0, 0.1) is 0 Å². The Morgan fingerprint density at radius 3 is 2.73 bits per heavy atom. The van der Waals surface area contributed by atoms with Gasteiger partial charge in [-0.05, 0) is 28.5 Å². The van der Waals surface area contributed by atoms with Gasteiger partial charge in [0.15, 0.2) is 0 Å². The smallest absolute Gasteiger partial charge is 0.0706 e. The number of anilines is 1. The summed E-state index contributed by atoms with van der Waals surface area (Å²) in [5, 5.41) is 6.55. The summed E-state index contributed by atoms with van der Waals surface area (Å²) in [6.07, 6.45) is 6.67. The van der Waals surface area contributed by atoms with E-state index in [0.29, 0.717) is 0 Å². The van der Waals surface area contributed by atoms with E-state index in [-0.39, 0.29) is 5.54 Å². The topological polar surface area (TPSA) is 12.0 Å². The molecule has 1 aliphatic heterocycles. The van der Waals surface area contributed by atoms with E-state index in [2.05, 4.69) is 78.1 Å². The molecule has 1 nitrogen and oxygen atoms in total. The normalized spacial score (nSPS) is 21.6. The zero-order chi connectivity index (χ0) is 14.6. The molecule has 1 N–H and O–H groups in total. The zero-order valence-corrected chi connectivity index (χ0v) is 12.3. The van der Waals surface area contributed by atoms with Crippen molar-refractivity contribution in [3.63, 3.8) is 0 Å². The highest BCUT2D eigenvalue weighted by molar-refractivity contribution is 5.97. The molecule has 3 aromatic rings. The number of fused-ring (bicyclic) bond motifs is 5. The van der Waals surface area contributed by atoms with Gasteiger partial charge in [-0.25, -0.2) is 0 Å². The van der Waals surface area contributed by atoms with Crippen LogP contribution in [-0.2, 0) is 12.0 Å². The minimum atomic E-state index is 0.0256. The molecule has 1 heterocycles. The van der Waals surface area contributed by atoms with Crippen LogP contribution in [0.4, 0.5) is 5.69 Å². The van der Waals surface area contributed by atoms with Crippen LogP contribution in [0.1, 0.15) is 23.1 Å². The van der Waals surface area contributed by atoms with Crippen LogP contribution in [-0.4, -0.2) is 0 Å². The maximum Gasteiger partial charge on any atom is 0.0706 e. The largest absolute Gasteiger partial charge is 0.374 e. The number of hydrogen-bond donors (Lipinski definition) is 1. The summed E-state index contributed by atoms with van der Waals surface area (Å²) in [6.45, 7) is 0. The van der Waals surface area contributed by atoms with E-state index >= 15 is 0 Å². The van der Waals surface area contributed by atoms with Gasteiger partial charge in [-0.15, -0.1) is 0 Å². The Kier molecular flexibility index (Phi) is 2.32. The molecule has 5 rings (SSSR count). The zero-order valence-electron chi connectivity index (χ0n) is 12.3. The SMILES string of the molecule is C1=Cc2ccccc2C2(C1)Cc1ccc3ccccc3c1N2. The van der Waals surface area contributed by atoms with Crippen molar-refractivity contribution in [1.82, 2.24) is 0 Å². The predicted octanol–water partition coefficient (Wildman–Crippen LogP) is 5.12. The Hall–Kier alpha value is -2.54. The minimum Gasteiger partial charge on any atom is -0.374 e.